The number of hydrogen-bond acceptors (Lipinski definition) is 4. The molecule has 2 rings (SSSR count). The molecule has 0 aliphatic carbocycles. The fraction of sp³-hybridized carbons (Fsp3) is 0.444. The third-order valence-electron chi connectivity index (χ3n) is 2.17. The van der Waals surface area contributed by atoms with Crippen LogP contribution in [0.2, 0.25) is 0 Å². The fourth-order valence-electron chi connectivity index (χ4n) is 1.66. The van der Waals surface area contributed by atoms with E-state index in [4.69, 9.17) is 14.3 Å². The maximum Gasteiger partial charge on any atom is 0.374 e. The molecule has 1 aromatic rings. The lowest BCUT2D eigenvalue weighted by molar-refractivity contribution is 0.0663. The molecule has 5 nitrogen and oxygen atoms in total. The molecular formula is C9H11NO4. The van der Waals surface area contributed by atoms with Crippen LogP contribution in [0.3, 0.4) is 0 Å². The Hall–Kier alpha value is -1.65. The van der Waals surface area contributed by atoms with Crippen molar-refractivity contribution in [3.05, 3.63) is 12.0 Å². The topological polar surface area (TPSA) is 62.9 Å². The van der Waals surface area contributed by atoms with Gasteiger partial charge in [-0.25, -0.2) is 4.79 Å². The molecule has 0 spiro atoms. The van der Waals surface area contributed by atoms with Crippen molar-refractivity contribution in [2.45, 2.75) is 13.0 Å². The van der Waals surface area contributed by atoms with E-state index >= 15 is 0 Å². The quantitative estimate of drug-likeness (QED) is 0.732. The number of furan rings is 1. The van der Waals surface area contributed by atoms with E-state index in [1.165, 1.54) is 6.26 Å². The SMILES string of the molecule is CC1CN(C)c2c(coc2C(=O)O)O1. The number of carboxylic acid groups (broad SMARTS) is 1. The van der Waals surface area contributed by atoms with Gasteiger partial charge in [0.15, 0.2) is 5.75 Å². The fourth-order valence-corrected chi connectivity index (χ4v) is 1.66. The molecule has 1 atom stereocenters. The van der Waals surface area contributed by atoms with Gasteiger partial charge in [0.25, 0.3) is 0 Å². The van der Waals surface area contributed by atoms with Crippen molar-refractivity contribution < 1.29 is 19.1 Å². The van der Waals surface area contributed by atoms with E-state index < -0.39 is 5.97 Å². The van der Waals surface area contributed by atoms with Gasteiger partial charge in [-0.05, 0) is 6.92 Å². The Kier molecular flexibility index (Phi) is 1.87. The van der Waals surface area contributed by atoms with Crippen LogP contribution in [0.15, 0.2) is 10.7 Å². The normalized spacial score (nSPS) is 20.1. The number of anilines is 1. The van der Waals surface area contributed by atoms with Gasteiger partial charge in [-0.15, -0.1) is 0 Å². The predicted octanol–water partition coefficient (Wildman–Crippen LogP) is 1.19. The molecule has 0 aromatic carbocycles. The van der Waals surface area contributed by atoms with Crippen LogP contribution in [0.5, 0.6) is 5.75 Å². The second kappa shape index (κ2) is 2.94. The maximum atomic E-state index is 10.8. The van der Waals surface area contributed by atoms with Crippen LogP contribution in [0.4, 0.5) is 5.69 Å². The number of hydrogen-bond donors (Lipinski definition) is 1. The highest BCUT2D eigenvalue weighted by Gasteiger charge is 2.29. The van der Waals surface area contributed by atoms with Crippen molar-refractivity contribution in [3.8, 4) is 5.75 Å². The molecule has 0 bridgehead atoms. The number of rotatable bonds is 1. The molecule has 2 heterocycles. The van der Waals surface area contributed by atoms with E-state index in [9.17, 15) is 4.79 Å². The first-order valence-corrected chi connectivity index (χ1v) is 4.32. The van der Waals surface area contributed by atoms with Crippen LogP contribution < -0.4 is 9.64 Å². The number of carboxylic acids is 1. The highest BCUT2D eigenvalue weighted by Crippen LogP contribution is 2.37. The molecule has 0 saturated heterocycles. The zero-order valence-corrected chi connectivity index (χ0v) is 7.98. The zero-order chi connectivity index (χ0) is 10.3. The summed E-state index contributed by atoms with van der Waals surface area (Å²) in [6.45, 7) is 2.58. The van der Waals surface area contributed by atoms with Crippen molar-refractivity contribution in [2.24, 2.45) is 0 Å². The van der Waals surface area contributed by atoms with Gasteiger partial charge in [-0.1, -0.05) is 0 Å². The van der Waals surface area contributed by atoms with E-state index in [0.717, 1.165) is 0 Å². The summed E-state index contributed by atoms with van der Waals surface area (Å²) in [4.78, 5) is 12.6. The number of carbonyl (C=O) groups is 1. The van der Waals surface area contributed by atoms with Gasteiger partial charge in [0.05, 0.1) is 6.54 Å². The Morgan fingerprint density at radius 1 is 1.71 bits per heavy atom. The predicted molar refractivity (Wildman–Crippen MR) is 49.0 cm³/mol. The largest absolute Gasteiger partial charge is 0.483 e. The lowest BCUT2D eigenvalue weighted by Gasteiger charge is -2.29. The van der Waals surface area contributed by atoms with Crippen molar-refractivity contribution >= 4 is 11.7 Å². The molecule has 0 amide bonds. The highest BCUT2D eigenvalue weighted by molar-refractivity contribution is 5.93. The summed E-state index contributed by atoms with van der Waals surface area (Å²) in [5, 5.41) is 8.84. The minimum Gasteiger partial charge on any atom is -0.483 e. The van der Waals surface area contributed by atoms with Gasteiger partial charge in [0, 0.05) is 7.05 Å². The summed E-state index contributed by atoms with van der Waals surface area (Å²) in [7, 11) is 1.82. The van der Waals surface area contributed by atoms with E-state index in [2.05, 4.69) is 0 Å². The lowest BCUT2D eigenvalue weighted by Crippen LogP contribution is -2.35. The minimum atomic E-state index is -1.07. The molecular weight excluding hydrogens is 186 g/mol. The molecule has 14 heavy (non-hydrogen) atoms. The van der Waals surface area contributed by atoms with Crippen LogP contribution >= 0.6 is 0 Å². The number of ether oxygens (including phenoxy) is 1. The van der Waals surface area contributed by atoms with Crippen LogP contribution in [0.25, 0.3) is 0 Å². The highest BCUT2D eigenvalue weighted by atomic mass is 16.5. The van der Waals surface area contributed by atoms with E-state index in [1.807, 2.05) is 18.9 Å². The standard InChI is InChI=1S/C9H11NO4/c1-5-3-10(2)7-6(14-5)4-13-8(7)9(11)12/h4-5H,3H2,1-2H3,(H,11,12). The van der Waals surface area contributed by atoms with Gasteiger partial charge in [0.2, 0.25) is 5.76 Å². The Bertz CT molecular complexity index is 371. The smallest absolute Gasteiger partial charge is 0.374 e. The molecule has 76 valence electrons. The lowest BCUT2D eigenvalue weighted by atomic mass is 10.2. The summed E-state index contributed by atoms with van der Waals surface area (Å²) in [5.41, 5.74) is 0.524. The average Bonchev–Trinajstić information content (AvgIpc) is 2.47. The molecule has 1 aliphatic heterocycles. The summed E-state index contributed by atoms with van der Waals surface area (Å²) < 4.78 is 10.4. The Labute approximate surface area is 80.9 Å². The second-order valence-corrected chi connectivity index (χ2v) is 3.39. The molecule has 5 heteroatoms. The van der Waals surface area contributed by atoms with Crippen LogP contribution in [-0.4, -0.2) is 30.8 Å². The van der Waals surface area contributed by atoms with Crippen molar-refractivity contribution in [2.75, 3.05) is 18.5 Å². The third-order valence-corrected chi connectivity index (χ3v) is 2.17. The average molecular weight is 197 g/mol. The van der Waals surface area contributed by atoms with Gasteiger partial charge >= 0.3 is 5.97 Å². The van der Waals surface area contributed by atoms with Crippen LogP contribution in [0.1, 0.15) is 17.5 Å². The summed E-state index contributed by atoms with van der Waals surface area (Å²) in [6, 6.07) is 0. The molecule has 1 unspecified atom stereocenters. The summed E-state index contributed by atoms with van der Waals surface area (Å²) in [6.07, 6.45) is 1.39. The molecule has 0 saturated carbocycles. The number of fused-ring (bicyclic) bond motifs is 1. The number of nitrogens with zero attached hydrogens (tertiary/aromatic N) is 1. The number of likely N-dealkylation sites (N-methyl/N-ethyl adjacent to an activating group) is 1. The molecule has 1 aliphatic rings. The monoisotopic (exact) mass is 197 g/mol. The Morgan fingerprint density at radius 2 is 2.43 bits per heavy atom. The van der Waals surface area contributed by atoms with Crippen molar-refractivity contribution in [1.29, 1.82) is 0 Å². The summed E-state index contributed by atoms with van der Waals surface area (Å²) >= 11 is 0. The zero-order valence-electron chi connectivity index (χ0n) is 7.98. The van der Waals surface area contributed by atoms with Gasteiger partial charge < -0.3 is 19.2 Å². The van der Waals surface area contributed by atoms with Crippen LogP contribution in [0, 0.1) is 0 Å². The van der Waals surface area contributed by atoms with Gasteiger partial charge in [-0.3, -0.25) is 0 Å². The third kappa shape index (κ3) is 1.21. The first-order chi connectivity index (χ1) is 6.59. The summed E-state index contributed by atoms with van der Waals surface area (Å²) in [5.74, 6) is -0.630. The van der Waals surface area contributed by atoms with Crippen LogP contribution in [-0.2, 0) is 0 Å². The van der Waals surface area contributed by atoms with E-state index in [0.29, 0.717) is 18.0 Å². The Balaban J connectivity index is 2.46. The minimum absolute atomic E-state index is 0.0479. The number of aromatic carboxylic acids is 1. The molecule has 0 fully saturated rings. The second-order valence-electron chi connectivity index (χ2n) is 3.39. The first-order valence-electron chi connectivity index (χ1n) is 4.32. The molecule has 0 radical (unpaired) electrons. The Morgan fingerprint density at radius 3 is 3.07 bits per heavy atom. The maximum absolute atomic E-state index is 10.8. The van der Waals surface area contributed by atoms with Crippen molar-refractivity contribution in [1.82, 2.24) is 0 Å². The first kappa shape index (κ1) is 8.93. The van der Waals surface area contributed by atoms with E-state index in [-0.39, 0.29) is 11.9 Å². The van der Waals surface area contributed by atoms with Gasteiger partial charge in [0.1, 0.15) is 18.1 Å². The molecule has 1 N–H and O–H groups in total. The van der Waals surface area contributed by atoms with Gasteiger partial charge in [-0.2, -0.15) is 0 Å². The molecule has 1 aromatic heterocycles. The van der Waals surface area contributed by atoms with E-state index in [1.54, 1.807) is 0 Å². The van der Waals surface area contributed by atoms with Crippen molar-refractivity contribution in [3.63, 3.8) is 0 Å².